The first-order chi connectivity index (χ1) is 12.4. The lowest BCUT2D eigenvalue weighted by atomic mass is 10.1. The highest BCUT2D eigenvalue weighted by atomic mass is 15.1. The summed E-state index contributed by atoms with van der Waals surface area (Å²) in [6.07, 6.45) is 8.28. The third-order valence-corrected chi connectivity index (χ3v) is 4.27. The molecule has 5 nitrogen and oxygen atoms in total. The number of hydrogen-bond donors (Lipinski definition) is 2. The second kappa shape index (κ2) is 7.23. The quantitative estimate of drug-likeness (QED) is 0.532. The van der Waals surface area contributed by atoms with Crippen molar-refractivity contribution in [1.29, 1.82) is 0 Å². The highest BCUT2D eigenvalue weighted by Crippen LogP contribution is 2.20. The molecule has 0 saturated carbocycles. The van der Waals surface area contributed by atoms with Crippen LogP contribution in [0, 0.1) is 0 Å². The number of fused-ring (bicyclic) bond motifs is 1. The van der Waals surface area contributed by atoms with Crippen LogP contribution < -0.4 is 5.32 Å². The molecule has 0 radical (unpaired) electrons. The number of nitrogens with one attached hydrogen (secondary N) is 2. The van der Waals surface area contributed by atoms with Gasteiger partial charge in [0.15, 0.2) is 0 Å². The molecule has 4 rings (SSSR count). The van der Waals surface area contributed by atoms with Gasteiger partial charge in [0.05, 0.1) is 17.4 Å². The number of hydrogen-bond acceptors (Lipinski definition) is 4. The molecule has 3 aromatic heterocycles. The fourth-order valence-corrected chi connectivity index (χ4v) is 3.02. The average molecular weight is 329 g/mol. The molecule has 0 atom stereocenters. The Morgan fingerprint density at radius 1 is 0.920 bits per heavy atom. The molecular formula is C20H19N5. The van der Waals surface area contributed by atoms with Gasteiger partial charge in [0.1, 0.15) is 0 Å². The molecule has 0 unspecified atom stereocenters. The molecule has 0 fully saturated rings. The van der Waals surface area contributed by atoms with E-state index in [0.717, 1.165) is 41.8 Å². The zero-order valence-electron chi connectivity index (χ0n) is 13.8. The fourth-order valence-electron chi connectivity index (χ4n) is 3.02. The van der Waals surface area contributed by atoms with Crippen molar-refractivity contribution in [2.24, 2.45) is 0 Å². The first kappa shape index (κ1) is 15.5. The minimum Gasteiger partial charge on any atom is -0.312 e. The molecule has 25 heavy (non-hydrogen) atoms. The minimum absolute atomic E-state index is 0.763. The van der Waals surface area contributed by atoms with Crippen LogP contribution in [0.25, 0.3) is 22.2 Å². The van der Waals surface area contributed by atoms with Crippen molar-refractivity contribution in [3.8, 4) is 11.3 Å². The van der Waals surface area contributed by atoms with Crippen LogP contribution in [0.4, 0.5) is 0 Å². The number of aromatic amines is 1. The lowest BCUT2D eigenvalue weighted by Gasteiger charge is -2.08. The minimum atomic E-state index is 0.763. The summed E-state index contributed by atoms with van der Waals surface area (Å²) in [6, 6.07) is 14.4. The highest BCUT2D eigenvalue weighted by molar-refractivity contribution is 5.81. The number of pyridine rings is 2. The number of H-pyrrole nitrogens is 1. The first-order valence-electron chi connectivity index (χ1n) is 8.38. The van der Waals surface area contributed by atoms with Gasteiger partial charge in [-0.05, 0) is 36.7 Å². The van der Waals surface area contributed by atoms with Crippen molar-refractivity contribution in [2.45, 2.75) is 13.0 Å². The number of benzene rings is 1. The highest BCUT2D eigenvalue weighted by Gasteiger charge is 2.07. The Hall–Kier alpha value is -3.05. The van der Waals surface area contributed by atoms with Gasteiger partial charge in [-0.25, -0.2) is 0 Å². The molecular weight excluding hydrogens is 310 g/mol. The third-order valence-electron chi connectivity index (χ3n) is 4.27. The Balaban J connectivity index is 1.40. The molecule has 0 aliphatic carbocycles. The van der Waals surface area contributed by atoms with Gasteiger partial charge in [0, 0.05) is 41.6 Å². The Bertz CT molecular complexity index is 957. The lowest BCUT2D eigenvalue weighted by molar-refractivity contribution is 0.689. The van der Waals surface area contributed by atoms with E-state index in [1.807, 2.05) is 36.8 Å². The summed E-state index contributed by atoms with van der Waals surface area (Å²) >= 11 is 0. The Kier molecular flexibility index (Phi) is 4.48. The zero-order chi connectivity index (χ0) is 16.9. The van der Waals surface area contributed by atoms with E-state index < -0.39 is 0 Å². The smallest absolute Gasteiger partial charge is 0.0734 e. The molecule has 0 saturated heterocycles. The molecule has 2 N–H and O–H groups in total. The van der Waals surface area contributed by atoms with Gasteiger partial charge in [-0.15, -0.1) is 0 Å². The third kappa shape index (κ3) is 3.41. The zero-order valence-corrected chi connectivity index (χ0v) is 13.8. The Morgan fingerprint density at radius 3 is 2.76 bits per heavy atom. The van der Waals surface area contributed by atoms with Gasteiger partial charge in [0.2, 0.25) is 0 Å². The average Bonchev–Trinajstić information content (AvgIpc) is 3.14. The van der Waals surface area contributed by atoms with Gasteiger partial charge in [-0.3, -0.25) is 15.1 Å². The maximum atomic E-state index is 4.51. The molecule has 0 bridgehead atoms. The van der Waals surface area contributed by atoms with Crippen LogP contribution in [0.3, 0.4) is 0 Å². The second-order valence-electron chi connectivity index (χ2n) is 5.93. The molecule has 124 valence electrons. The van der Waals surface area contributed by atoms with Crippen molar-refractivity contribution in [1.82, 2.24) is 25.5 Å². The number of para-hydroxylation sites is 1. The summed E-state index contributed by atoms with van der Waals surface area (Å²) in [6.45, 7) is 1.65. The fraction of sp³-hybridized carbons (Fsp3) is 0.150. The summed E-state index contributed by atoms with van der Waals surface area (Å²) in [5.41, 5.74) is 5.57. The summed E-state index contributed by atoms with van der Waals surface area (Å²) in [7, 11) is 0. The van der Waals surface area contributed by atoms with E-state index in [1.165, 1.54) is 10.9 Å². The summed E-state index contributed by atoms with van der Waals surface area (Å²) in [5, 5.41) is 11.9. The maximum Gasteiger partial charge on any atom is 0.0734 e. The standard InChI is InChI=1S/C20H19N5/c1-4-15-6-3-10-23-19(15)16(5-1)8-11-22-13-18-14-24-25-20(18)17-7-2-9-21-12-17/h1-7,9-10,12,14,22H,8,11,13H2,(H,24,25). The van der Waals surface area contributed by atoms with E-state index in [0.29, 0.717) is 0 Å². The predicted octanol–water partition coefficient (Wildman–Crippen LogP) is 3.35. The summed E-state index contributed by atoms with van der Waals surface area (Å²) in [5.74, 6) is 0. The summed E-state index contributed by atoms with van der Waals surface area (Å²) < 4.78 is 0. The van der Waals surface area contributed by atoms with E-state index in [4.69, 9.17) is 0 Å². The van der Waals surface area contributed by atoms with Crippen molar-refractivity contribution in [2.75, 3.05) is 6.54 Å². The molecule has 0 amide bonds. The SMILES string of the molecule is c1cncc(-c2[nH]ncc2CNCCc2cccc3cccnc23)c1. The number of rotatable bonds is 6. The predicted molar refractivity (Wildman–Crippen MR) is 99.0 cm³/mol. The normalized spacial score (nSPS) is 11.0. The first-order valence-corrected chi connectivity index (χ1v) is 8.38. The van der Waals surface area contributed by atoms with Gasteiger partial charge in [-0.1, -0.05) is 24.3 Å². The molecule has 5 heteroatoms. The van der Waals surface area contributed by atoms with E-state index in [-0.39, 0.29) is 0 Å². The topological polar surface area (TPSA) is 66.5 Å². The largest absolute Gasteiger partial charge is 0.312 e. The van der Waals surface area contributed by atoms with Crippen molar-refractivity contribution < 1.29 is 0 Å². The lowest BCUT2D eigenvalue weighted by Crippen LogP contribution is -2.17. The van der Waals surface area contributed by atoms with Crippen molar-refractivity contribution in [3.63, 3.8) is 0 Å². The van der Waals surface area contributed by atoms with Crippen molar-refractivity contribution >= 4 is 10.9 Å². The van der Waals surface area contributed by atoms with Crippen LogP contribution in [0.2, 0.25) is 0 Å². The van der Waals surface area contributed by atoms with Gasteiger partial charge in [0.25, 0.3) is 0 Å². The second-order valence-corrected chi connectivity index (χ2v) is 5.93. The monoisotopic (exact) mass is 329 g/mol. The molecule has 0 aliphatic heterocycles. The van der Waals surface area contributed by atoms with Gasteiger partial charge < -0.3 is 5.32 Å². The van der Waals surface area contributed by atoms with Crippen LogP contribution in [0.5, 0.6) is 0 Å². The van der Waals surface area contributed by atoms with E-state index in [1.54, 1.807) is 6.20 Å². The number of aromatic nitrogens is 4. The Morgan fingerprint density at radius 2 is 1.84 bits per heavy atom. The summed E-state index contributed by atoms with van der Waals surface area (Å²) in [4.78, 5) is 8.69. The van der Waals surface area contributed by atoms with Gasteiger partial charge >= 0.3 is 0 Å². The molecule has 0 aliphatic rings. The Labute approximate surface area is 146 Å². The van der Waals surface area contributed by atoms with E-state index in [9.17, 15) is 0 Å². The van der Waals surface area contributed by atoms with Crippen molar-refractivity contribution in [3.05, 3.63) is 78.4 Å². The molecule has 0 spiro atoms. The number of nitrogens with zero attached hydrogens (tertiary/aromatic N) is 3. The molecule has 4 aromatic rings. The van der Waals surface area contributed by atoms with E-state index >= 15 is 0 Å². The van der Waals surface area contributed by atoms with Crippen LogP contribution in [-0.4, -0.2) is 26.7 Å². The van der Waals surface area contributed by atoms with Crippen LogP contribution in [-0.2, 0) is 13.0 Å². The van der Waals surface area contributed by atoms with Gasteiger partial charge in [-0.2, -0.15) is 5.10 Å². The van der Waals surface area contributed by atoms with Crippen LogP contribution in [0.1, 0.15) is 11.1 Å². The maximum absolute atomic E-state index is 4.51. The van der Waals surface area contributed by atoms with Crippen LogP contribution in [0.15, 0.2) is 67.3 Å². The van der Waals surface area contributed by atoms with E-state index in [2.05, 4.69) is 49.7 Å². The molecule has 3 heterocycles. The van der Waals surface area contributed by atoms with Crippen LogP contribution >= 0.6 is 0 Å². The molecule has 1 aromatic carbocycles.